The highest BCUT2D eigenvalue weighted by atomic mass is 16.7. The maximum Gasteiger partial charge on any atom is 0.306 e. The second kappa shape index (κ2) is 42.7. The van der Waals surface area contributed by atoms with E-state index in [9.17, 15) is 25.2 Å². The summed E-state index contributed by atoms with van der Waals surface area (Å²) >= 11 is 0. The molecule has 6 atom stereocenters. The number of hydrogen-bond donors (Lipinski definition) is 4. The lowest BCUT2D eigenvalue weighted by molar-refractivity contribution is -0.305. The van der Waals surface area contributed by atoms with Crippen LogP contribution in [0.3, 0.4) is 0 Å². The predicted molar refractivity (Wildman–Crippen MR) is 247 cm³/mol. The second-order valence-corrected chi connectivity index (χ2v) is 17.3. The minimum Gasteiger partial charge on any atom is -0.457 e. The monoisotopic (exact) mass is 851 g/mol. The van der Waals surface area contributed by atoms with Crippen molar-refractivity contribution >= 4 is 5.97 Å². The normalized spacial score (nSPS) is 20.3. The molecule has 1 aliphatic rings. The van der Waals surface area contributed by atoms with E-state index in [0.717, 1.165) is 38.5 Å². The van der Waals surface area contributed by atoms with Crippen LogP contribution in [0.1, 0.15) is 219 Å². The van der Waals surface area contributed by atoms with Gasteiger partial charge in [0.15, 0.2) is 6.29 Å². The Labute approximate surface area is 368 Å². The number of carbonyl (C=O) groups excluding carboxylic acids is 1. The number of rotatable bonds is 43. The molecule has 1 heterocycles. The molecule has 0 radical (unpaired) electrons. The lowest BCUT2D eigenvalue weighted by Crippen LogP contribution is -2.59. The van der Waals surface area contributed by atoms with Gasteiger partial charge in [0.05, 0.1) is 19.8 Å². The van der Waals surface area contributed by atoms with Crippen LogP contribution in [0.2, 0.25) is 0 Å². The second-order valence-electron chi connectivity index (χ2n) is 17.3. The number of aliphatic hydroxyl groups is 4. The molecule has 9 nitrogen and oxygen atoms in total. The molecule has 6 unspecified atom stereocenters. The van der Waals surface area contributed by atoms with Gasteiger partial charge in [-0.15, -0.1) is 0 Å². The van der Waals surface area contributed by atoms with Crippen LogP contribution in [0, 0.1) is 0 Å². The van der Waals surface area contributed by atoms with E-state index in [1.54, 1.807) is 0 Å². The Balaban J connectivity index is 2.22. The molecule has 60 heavy (non-hydrogen) atoms. The summed E-state index contributed by atoms with van der Waals surface area (Å²) in [6.45, 7) is 4.54. The Hall–Kier alpha value is -1.59. The fourth-order valence-corrected chi connectivity index (χ4v) is 7.58. The van der Waals surface area contributed by atoms with Crippen LogP contribution in [-0.2, 0) is 23.7 Å². The lowest BCUT2D eigenvalue weighted by Gasteiger charge is -2.39. The number of unbranched alkanes of at least 4 members (excludes halogenated alkanes) is 26. The highest BCUT2D eigenvalue weighted by molar-refractivity contribution is 5.69. The Bertz CT molecular complexity index is 1010. The van der Waals surface area contributed by atoms with E-state index in [1.807, 2.05) is 0 Å². The number of carbonyl (C=O) groups is 1. The Morgan fingerprint density at radius 2 is 0.967 bits per heavy atom. The van der Waals surface area contributed by atoms with Gasteiger partial charge in [-0.1, -0.05) is 179 Å². The standard InChI is InChI=1S/C51H94O9/c1-3-5-7-9-11-13-15-17-19-21-23-24-26-28-30-32-34-36-38-40-47(53)59-45(44-58-51-50(56)49(55)48(54)46(42-52)60-51)43-57-41-39-37-35-33-31-29-27-25-22-20-18-16-14-12-10-8-6-4-2/h11,13,17-20,45-46,48-52,54-56H,3-10,12,14-16,21-44H2,1-2H3/b13-11-,19-17-,20-18-. The van der Waals surface area contributed by atoms with Gasteiger partial charge in [0.2, 0.25) is 0 Å². The highest BCUT2D eigenvalue weighted by Crippen LogP contribution is 2.23. The lowest BCUT2D eigenvalue weighted by atomic mass is 9.99. The molecular formula is C51H94O9. The first-order valence-electron chi connectivity index (χ1n) is 25.1. The Kier molecular flexibility index (Phi) is 40.2. The van der Waals surface area contributed by atoms with Crippen molar-refractivity contribution in [1.82, 2.24) is 0 Å². The van der Waals surface area contributed by atoms with E-state index in [4.69, 9.17) is 18.9 Å². The molecule has 0 saturated carbocycles. The van der Waals surface area contributed by atoms with Crippen molar-refractivity contribution < 1.29 is 44.2 Å². The quantitative estimate of drug-likeness (QED) is 0.0269. The number of ether oxygens (including phenoxy) is 4. The van der Waals surface area contributed by atoms with Crippen LogP contribution in [0.15, 0.2) is 36.5 Å². The molecule has 0 aromatic carbocycles. The summed E-state index contributed by atoms with van der Waals surface area (Å²) in [4.78, 5) is 12.8. The number of aliphatic hydroxyl groups excluding tert-OH is 4. The maximum absolute atomic E-state index is 12.8. The third kappa shape index (κ3) is 33.0. The van der Waals surface area contributed by atoms with E-state index >= 15 is 0 Å². The number of esters is 1. The summed E-state index contributed by atoms with van der Waals surface area (Å²) in [5.41, 5.74) is 0. The average molecular weight is 851 g/mol. The van der Waals surface area contributed by atoms with Crippen LogP contribution in [0.4, 0.5) is 0 Å². The summed E-state index contributed by atoms with van der Waals surface area (Å²) < 4.78 is 22.9. The van der Waals surface area contributed by atoms with Crippen molar-refractivity contribution in [1.29, 1.82) is 0 Å². The van der Waals surface area contributed by atoms with Crippen molar-refractivity contribution in [3.63, 3.8) is 0 Å². The molecule has 1 aliphatic heterocycles. The van der Waals surface area contributed by atoms with Crippen LogP contribution in [-0.4, -0.2) is 89.6 Å². The van der Waals surface area contributed by atoms with Gasteiger partial charge in [-0.3, -0.25) is 4.79 Å². The van der Waals surface area contributed by atoms with Crippen molar-refractivity contribution in [2.75, 3.05) is 26.4 Å². The molecule has 1 rings (SSSR count). The average Bonchev–Trinajstić information content (AvgIpc) is 3.25. The predicted octanol–water partition coefficient (Wildman–Crippen LogP) is 11.9. The van der Waals surface area contributed by atoms with Crippen molar-refractivity contribution in [3.05, 3.63) is 36.5 Å². The third-order valence-electron chi connectivity index (χ3n) is 11.5. The third-order valence-corrected chi connectivity index (χ3v) is 11.5. The summed E-state index contributed by atoms with van der Waals surface area (Å²) in [7, 11) is 0. The molecule has 0 aromatic heterocycles. The zero-order chi connectivity index (χ0) is 43.6. The van der Waals surface area contributed by atoms with Crippen LogP contribution >= 0.6 is 0 Å². The molecular weight excluding hydrogens is 757 g/mol. The van der Waals surface area contributed by atoms with E-state index in [2.05, 4.69) is 50.3 Å². The van der Waals surface area contributed by atoms with Crippen molar-refractivity contribution in [2.24, 2.45) is 0 Å². The van der Waals surface area contributed by atoms with Gasteiger partial charge in [0, 0.05) is 13.0 Å². The van der Waals surface area contributed by atoms with Gasteiger partial charge in [0.1, 0.15) is 30.5 Å². The van der Waals surface area contributed by atoms with Crippen LogP contribution < -0.4 is 0 Å². The molecule has 1 fully saturated rings. The van der Waals surface area contributed by atoms with Gasteiger partial charge in [0.25, 0.3) is 0 Å². The minimum atomic E-state index is -1.54. The first kappa shape index (κ1) is 56.4. The molecule has 0 spiro atoms. The molecule has 0 aromatic rings. The molecule has 1 saturated heterocycles. The molecule has 4 N–H and O–H groups in total. The number of allylic oxidation sites excluding steroid dienone is 6. The molecule has 0 aliphatic carbocycles. The fraction of sp³-hybridized carbons (Fsp3) is 0.863. The summed E-state index contributed by atoms with van der Waals surface area (Å²) in [5, 5.41) is 40.2. The van der Waals surface area contributed by atoms with Gasteiger partial charge >= 0.3 is 5.97 Å². The van der Waals surface area contributed by atoms with E-state index in [0.29, 0.717) is 13.0 Å². The first-order chi connectivity index (χ1) is 29.4. The fourth-order valence-electron chi connectivity index (χ4n) is 7.58. The number of hydrogen-bond acceptors (Lipinski definition) is 9. The molecule has 9 heteroatoms. The Morgan fingerprint density at radius 1 is 0.533 bits per heavy atom. The van der Waals surface area contributed by atoms with Crippen LogP contribution in [0.5, 0.6) is 0 Å². The van der Waals surface area contributed by atoms with Gasteiger partial charge in [-0.25, -0.2) is 0 Å². The molecule has 0 bridgehead atoms. The zero-order valence-corrected chi connectivity index (χ0v) is 38.7. The SMILES string of the molecule is CCCCC/C=C\C/C=C\CCCCCCCCCCCC(=O)OC(COCCCCCCCCCC/C=C\CCCCCCCC)COC1OC(CO)C(O)C(O)C1O. The van der Waals surface area contributed by atoms with Crippen molar-refractivity contribution in [3.8, 4) is 0 Å². The van der Waals surface area contributed by atoms with E-state index < -0.39 is 43.4 Å². The summed E-state index contributed by atoms with van der Waals surface area (Å²) in [5.74, 6) is -0.317. The van der Waals surface area contributed by atoms with Gasteiger partial charge in [-0.2, -0.15) is 0 Å². The highest BCUT2D eigenvalue weighted by Gasteiger charge is 2.44. The van der Waals surface area contributed by atoms with Crippen molar-refractivity contribution in [2.45, 2.75) is 256 Å². The zero-order valence-electron chi connectivity index (χ0n) is 38.7. The molecule has 0 amide bonds. The smallest absolute Gasteiger partial charge is 0.306 e. The van der Waals surface area contributed by atoms with E-state index in [1.165, 1.54) is 161 Å². The van der Waals surface area contributed by atoms with E-state index in [-0.39, 0.29) is 19.2 Å². The topological polar surface area (TPSA) is 135 Å². The van der Waals surface area contributed by atoms with Gasteiger partial charge < -0.3 is 39.4 Å². The van der Waals surface area contributed by atoms with Gasteiger partial charge in [-0.05, 0) is 70.6 Å². The molecule has 352 valence electrons. The first-order valence-corrected chi connectivity index (χ1v) is 25.1. The summed E-state index contributed by atoms with van der Waals surface area (Å²) in [6.07, 6.45) is 44.5. The summed E-state index contributed by atoms with van der Waals surface area (Å²) in [6, 6.07) is 0. The largest absolute Gasteiger partial charge is 0.457 e. The van der Waals surface area contributed by atoms with Crippen LogP contribution in [0.25, 0.3) is 0 Å². The minimum absolute atomic E-state index is 0.115. The maximum atomic E-state index is 12.8. The Morgan fingerprint density at radius 3 is 1.48 bits per heavy atom.